The third-order valence-electron chi connectivity index (χ3n) is 4.79. The van der Waals surface area contributed by atoms with Crippen LogP contribution in [0.5, 0.6) is 0 Å². The molecule has 3 nitrogen and oxygen atoms in total. The van der Waals surface area contributed by atoms with Crippen LogP contribution < -0.4 is 5.46 Å². The quantitative estimate of drug-likeness (QED) is 0.444. The summed E-state index contributed by atoms with van der Waals surface area (Å²) in [4.78, 5) is 4.83. The number of fused-ring (bicyclic) bond motifs is 1. The maximum absolute atomic E-state index is 5.82. The Hall–Kier alpha value is -3.66. The highest BCUT2D eigenvalue weighted by Gasteiger charge is 2.13. The molecule has 0 aliphatic heterocycles. The minimum atomic E-state index is 0.683. The van der Waals surface area contributed by atoms with Crippen molar-refractivity contribution in [3.63, 3.8) is 0 Å². The van der Waals surface area contributed by atoms with Crippen LogP contribution in [-0.4, -0.2) is 22.4 Å². The number of rotatable bonds is 3. The minimum absolute atomic E-state index is 0.683. The summed E-state index contributed by atoms with van der Waals surface area (Å²) in [6.07, 6.45) is 2.03. The highest BCUT2D eigenvalue weighted by Crippen LogP contribution is 2.30. The standard InChI is InChI=1S/C24H16BN3/c25-21-13-11-19(12-14-21)23-26-24-22(18-9-5-2-6-10-18)15-20(16-28(24)27-23)17-7-3-1-4-8-17/h1-16H. The van der Waals surface area contributed by atoms with Crippen LogP contribution in [0.3, 0.4) is 0 Å². The van der Waals surface area contributed by atoms with Crippen molar-refractivity contribution in [1.82, 2.24) is 14.6 Å². The number of nitrogens with zero attached hydrogens (tertiary/aromatic N) is 3. The predicted octanol–water partition coefficient (Wildman–Crippen LogP) is 4.52. The van der Waals surface area contributed by atoms with Gasteiger partial charge in [-0.25, -0.2) is 9.50 Å². The zero-order valence-corrected chi connectivity index (χ0v) is 15.2. The van der Waals surface area contributed by atoms with Crippen LogP contribution >= 0.6 is 0 Å². The summed E-state index contributed by atoms with van der Waals surface area (Å²) in [5.74, 6) is 0.683. The van der Waals surface area contributed by atoms with Crippen LogP contribution in [0.25, 0.3) is 39.3 Å². The van der Waals surface area contributed by atoms with Gasteiger partial charge in [0.15, 0.2) is 11.5 Å². The molecule has 0 saturated heterocycles. The second kappa shape index (κ2) is 6.82. The van der Waals surface area contributed by atoms with Crippen LogP contribution in [0.2, 0.25) is 0 Å². The van der Waals surface area contributed by atoms with Gasteiger partial charge in [-0.05, 0) is 17.2 Å². The largest absolute Gasteiger partial charge is 0.219 e. The van der Waals surface area contributed by atoms with Gasteiger partial charge in [-0.1, -0.05) is 90.4 Å². The van der Waals surface area contributed by atoms with E-state index >= 15 is 0 Å². The molecule has 0 amide bonds. The first kappa shape index (κ1) is 16.5. The molecule has 0 saturated carbocycles. The lowest BCUT2D eigenvalue weighted by Crippen LogP contribution is -1.99. The minimum Gasteiger partial charge on any atom is -0.219 e. The average molecular weight is 357 g/mol. The first-order chi connectivity index (χ1) is 13.8. The molecule has 3 aromatic carbocycles. The van der Waals surface area contributed by atoms with Crippen molar-refractivity contribution in [2.75, 3.05) is 0 Å². The summed E-state index contributed by atoms with van der Waals surface area (Å²) in [5.41, 5.74) is 6.91. The Labute approximate surface area is 164 Å². The molecule has 0 bridgehead atoms. The molecule has 2 radical (unpaired) electrons. The number of hydrogen-bond donors (Lipinski definition) is 0. The lowest BCUT2D eigenvalue weighted by atomic mass is 9.95. The maximum Gasteiger partial charge on any atom is 0.182 e. The molecular formula is C24H16BN3. The zero-order valence-electron chi connectivity index (χ0n) is 15.2. The van der Waals surface area contributed by atoms with Gasteiger partial charge in [0.2, 0.25) is 0 Å². The molecule has 2 heterocycles. The Kier molecular flexibility index (Phi) is 4.02. The monoisotopic (exact) mass is 357 g/mol. The summed E-state index contributed by atoms with van der Waals surface area (Å²) >= 11 is 0. The molecule has 0 spiro atoms. The van der Waals surface area contributed by atoms with Crippen LogP contribution in [0.4, 0.5) is 0 Å². The molecule has 130 valence electrons. The molecule has 0 fully saturated rings. The normalized spacial score (nSPS) is 11.0. The zero-order chi connectivity index (χ0) is 18.9. The van der Waals surface area contributed by atoms with Crippen LogP contribution in [0, 0.1) is 0 Å². The van der Waals surface area contributed by atoms with Crippen LogP contribution in [-0.2, 0) is 0 Å². The molecule has 0 atom stereocenters. The molecule has 5 rings (SSSR count). The topological polar surface area (TPSA) is 30.2 Å². The third-order valence-corrected chi connectivity index (χ3v) is 4.79. The van der Waals surface area contributed by atoms with Gasteiger partial charge in [0, 0.05) is 22.9 Å². The Balaban J connectivity index is 1.75. The van der Waals surface area contributed by atoms with E-state index in [9.17, 15) is 0 Å². The second-order valence-electron chi connectivity index (χ2n) is 6.70. The van der Waals surface area contributed by atoms with Crippen molar-refractivity contribution in [2.24, 2.45) is 0 Å². The van der Waals surface area contributed by atoms with Crippen LogP contribution in [0.1, 0.15) is 0 Å². The average Bonchev–Trinajstić information content (AvgIpc) is 3.19. The fourth-order valence-electron chi connectivity index (χ4n) is 3.36. The van der Waals surface area contributed by atoms with Gasteiger partial charge >= 0.3 is 0 Å². The van der Waals surface area contributed by atoms with E-state index in [1.54, 1.807) is 0 Å². The van der Waals surface area contributed by atoms with Gasteiger partial charge < -0.3 is 0 Å². The molecular weight excluding hydrogens is 341 g/mol. The number of pyridine rings is 1. The Morgan fingerprint density at radius 1 is 0.643 bits per heavy atom. The summed E-state index contributed by atoms with van der Waals surface area (Å²) in [6.45, 7) is 0. The molecule has 0 aliphatic rings. The van der Waals surface area contributed by atoms with Crippen molar-refractivity contribution in [3.05, 3.63) is 97.2 Å². The predicted molar refractivity (Wildman–Crippen MR) is 115 cm³/mol. The summed E-state index contributed by atoms with van der Waals surface area (Å²) < 4.78 is 1.87. The van der Waals surface area contributed by atoms with E-state index in [-0.39, 0.29) is 0 Å². The second-order valence-corrected chi connectivity index (χ2v) is 6.70. The molecule has 0 N–H and O–H groups in total. The lowest BCUT2D eigenvalue weighted by molar-refractivity contribution is 0.968. The smallest absolute Gasteiger partial charge is 0.182 e. The number of benzene rings is 3. The Morgan fingerprint density at radius 3 is 1.96 bits per heavy atom. The molecule has 28 heavy (non-hydrogen) atoms. The number of aromatic nitrogens is 3. The van der Waals surface area contributed by atoms with Crippen molar-refractivity contribution in [3.8, 4) is 33.6 Å². The first-order valence-corrected chi connectivity index (χ1v) is 9.15. The highest BCUT2D eigenvalue weighted by molar-refractivity contribution is 6.32. The van der Waals surface area contributed by atoms with Gasteiger partial charge in [0.25, 0.3) is 0 Å². The molecule has 4 heteroatoms. The fraction of sp³-hybridized carbons (Fsp3) is 0. The van der Waals surface area contributed by atoms with E-state index in [0.717, 1.165) is 38.9 Å². The molecule has 5 aromatic rings. The SMILES string of the molecule is [B]c1ccc(-c2nc3c(-c4ccccc4)cc(-c4ccccc4)cn3n2)cc1. The van der Waals surface area contributed by atoms with E-state index < -0.39 is 0 Å². The van der Waals surface area contributed by atoms with Crippen molar-refractivity contribution in [2.45, 2.75) is 0 Å². The molecule has 2 aromatic heterocycles. The Morgan fingerprint density at radius 2 is 1.29 bits per heavy atom. The van der Waals surface area contributed by atoms with Gasteiger partial charge in [-0.3, -0.25) is 0 Å². The molecule has 0 aliphatic carbocycles. The van der Waals surface area contributed by atoms with Crippen LogP contribution in [0.15, 0.2) is 97.2 Å². The third kappa shape index (κ3) is 2.99. The fourth-order valence-corrected chi connectivity index (χ4v) is 3.36. The van der Waals surface area contributed by atoms with Gasteiger partial charge in [-0.2, -0.15) is 0 Å². The van der Waals surface area contributed by atoms with Crippen molar-refractivity contribution >= 4 is 19.0 Å². The maximum atomic E-state index is 5.82. The summed E-state index contributed by atoms with van der Waals surface area (Å²) in [6, 6.07) is 30.4. The Bertz CT molecular complexity index is 1240. The number of hydrogen-bond acceptors (Lipinski definition) is 2. The van der Waals surface area contributed by atoms with Crippen molar-refractivity contribution < 1.29 is 0 Å². The van der Waals surface area contributed by atoms with E-state index in [1.807, 2.05) is 71.4 Å². The van der Waals surface area contributed by atoms with E-state index in [4.69, 9.17) is 17.9 Å². The first-order valence-electron chi connectivity index (χ1n) is 9.15. The summed E-state index contributed by atoms with van der Waals surface area (Å²) in [7, 11) is 5.82. The van der Waals surface area contributed by atoms with E-state index in [1.165, 1.54) is 0 Å². The van der Waals surface area contributed by atoms with E-state index in [0.29, 0.717) is 5.82 Å². The van der Waals surface area contributed by atoms with Crippen molar-refractivity contribution in [1.29, 1.82) is 0 Å². The molecule has 0 unspecified atom stereocenters. The van der Waals surface area contributed by atoms with Gasteiger partial charge in [0.05, 0.1) is 0 Å². The summed E-state index contributed by atoms with van der Waals surface area (Å²) in [5, 5.41) is 4.75. The lowest BCUT2D eigenvalue weighted by Gasteiger charge is -2.08. The highest BCUT2D eigenvalue weighted by atomic mass is 15.3. The van der Waals surface area contributed by atoms with Gasteiger partial charge in [-0.15, -0.1) is 5.10 Å². The van der Waals surface area contributed by atoms with E-state index in [2.05, 4.69) is 30.3 Å². The van der Waals surface area contributed by atoms with Gasteiger partial charge in [0.1, 0.15) is 7.85 Å².